The summed E-state index contributed by atoms with van der Waals surface area (Å²) in [6.07, 6.45) is 3.84. The van der Waals surface area contributed by atoms with Crippen LogP contribution in [0.25, 0.3) is 0 Å². The number of nitrogens with zero attached hydrogens (tertiary/aromatic N) is 2. The molecule has 3 nitrogen and oxygen atoms in total. The van der Waals surface area contributed by atoms with Crippen molar-refractivity contribution < 1.29 is 0 Å². The van der Waals surface area contributed by atoms with E-state index >= 15 is 0 Å². The number of nitrogens with one attached hydrogen (secondary N) is 1. The highest BCUT2D eigenvalue weighted by Gasteiger charge is 2.15. The average molecular weight is 258 g/mol. The molecule has 1 N–H and O–H groups in total. The van der Waals surface area contributed by atoms with Crippen LogP contribution in [0, 0.1) is 5.92 Å². The maximum atomic E-state index is 6.16. The highest BCUT2D eigenvalue weighted by molar-refractivity contribution is 6.31. The molecule has 0 bridgehead atoms. The minimum absolute atomic E-state index is 0.552. The number of halogens is 1. The third-order valence-corrected chi connectivity index (χ3v) is 3.48. The van der Waals surface area contributed by atoms with Gasteiger partial charge in [-0.25, -0.2) is 0 Å². The monoisotopic (exact) mass is 257 g/mol. The Labute approximate surface area is 110 Å². The van der Waals surface area contributed by atoms with Gasteiger partial charge in [-0.15, -0.1) is 0 Å². The van der Waals surface area contributed by atoms with Gasteiger partial charge in [0, 0.05) is 12.6 Å². The van der Waals surface area contributed by atoms with Crippen LogP contribution in [0.5, 0.6) is 0 Å². The van der Waals surface area contributed by atoms with E-state index in [9.17, 15) is 0 Å². The van der Waals surface area contributed by atoms with Gasteiger partial charge in [0.2, 0.25) is 0 Å². The first-order valence-electron chi connectivity index (χ1n) is 6.53. The maximum absolute atomic E-state index is 6.16. The second-order valence-corrected chi connectivity index (χ2v) is 5.11. The van der Waals surface area contributed by atoms with Crippen LogP contribution < -0.4 is 5.32 Å². The molecule has 1 aromatic rings. The molecule has 0 aliphatic rings. The van der Waals surface area contributed by atoms with Crippen molar-refractivity contribution in [1.82, 2.24) is 15.1 Å². The Morgan fingerprint density at radius 3 is 2.65 bits per heavy atom. The Bertz CT molecular complexity index is 333. The lowest BCUT2D eigenvalue weighted by Gasteiger charge is -2.21. The smallest absolute Gasteiger partial charge is 0.0817 e. The summed E-state index contributed by atoms with van der Waals surface area (Å²) in [5.41, 5.74) is 1.16. The van der Waals surface area contributed by atoms with Crippen LogP contribution >= 0.6 is 11.6 Å². The second kappa shape index (κ2) is 7.02. The van der Waals surface area contributed by atoms with E-state index in [1.54, 1.807) is 6.20 Å². The van der Waals surface area contributed by atoms with Crippen molar-refractivity contribution in [3.63, 3.8) is 0 Å². The summed E-state index contributed by atoms with van der Waals surface area (Å²) in [4.78, 5) is 0. The first-order valence-corrected chi connectivity index (χ1v) is 6.91. The summed E-state index contributed by atoms with van der Waals surface area (Å²) in [6, 6.07) is 0.552. The van der Waals surface area contributed by atoms with Crippen LogP contribution in [0.15, 0.2) is 6.20 Å². The average Bonchev–Trinajstić information content (AvgIpc) is 2.65. The topological polar surface area (TPSA) is 29.9 Å². The van der Waals surface area contributed by atoms with Crippen molar-refractivity contribution in [3.05, 3.63) is 16.9 Å². The Balaban J connectivity index is 2.61. The standard InChI is InChI=1S/C13H24ClN3/c1-5-15-12(10(3)4)7-8-13-11(14)9-16-17(13)6-2/h9-10,12,15H,5-8H2,1-4H3. The fourth-order valence-corrected chi connectivity index (χ4v) is 2.37. The molecule has 0 saturated carbocycles. The molecule has 1 atom stereocenters. The molecule has 17 heavy (non-hydrogen) atoms. The van der Waals surface area contributed by atoms with Crippen LogP contribution in [-0.4, -0.2) is 22.4 Å². The Morgan fingerprint density at radius 2 is 2.12 bits per heavy atom. The van der Waals surface area contributed by atoms with E-state index in [1.807, 2.05) is 4.68 Å². The van der Waals surface area contributed by atoms with E-state index in [4.69, 9.17) is 11.6 Å². The van der Waals surface area contributed by atoms with Crippen LogP contribution in [0.1, 0.15) is 39.8 Å². The molecule has 0 amide bonds. The Morgan fingerprint density at radius 1 is 1.41 bits per heavy atom. The van der Waals surface area contributed by atoms with E-state index in [0.29, 0.717) is 12.0 Å². The SMILES string of the molecule is CCNC(CCc1c(Cl)cnn1CC)C(C)C. The zero-order chi connectivity index (χ0) is 12.8. The molecular weight excluding hydrogens is 234 g/mol. The largest absolute Gasteiger partial charge is 0.314 e. The summed E-state index contributed by atoms with van der Waals surface area (Å²) in [5, 5.41) is 8.59. The number of aryl methyl sites for hydroxylation is 1. The molecule has 1 unspecified atom stereocenters. The van der Waals surface area contributed by atoms with Crippen molar-refractivity contribution in [1.29, 1.82) is 0 Å². The predicted octanol–water partition coefficient (Wildman–Crippen LogP) is 3.12. The van der Waals surface area contributed by atoms with Gasteiger partial charge < -0.3 is 5.32 Å². The number of hydrogen-bond acceptors (Lipinski definition) is 2. The second-order valence-electron chi connectivity index (χ2n) is 4.70. The molecule has 0 spiro atoms. The minimum Gasteiger partial charge on any atom is -0.314 e. The number of rotatable bonds is 7. The normalized spacial score (nSPS) is 13.3. The predicted molar refractivity (Wildman–Crippen MR) is 73.5 cm³/mol. The Hall–Kier alpha value is -0.540. The molecular formula is C13H24ClN3. The molecule has 1 rings (SSSR count). The van der Waals surface area contributed by atoms with Gasteiger partial charge in [0.1, 0.15) is 0 Å². The van der Waals surface area contributed by atoms with Crippen molar-refractivity contribution in [2.75, 3.05) is 6.54 Å². The molecule has 4 heteroatoms. The van der Waals surface area contributed by atoms with Crippen LogP contribution in [0.4, 0.5) is 0 Å². The lowest BCUT2D eigenvalue weighted by atomic mass is 9.98. The summed E-state index contributed by atoms with van der Waals surface area (Å²) in [7, 11) is 0. The molecule has 1 heterocycles. The quantitative estimate of drug-likeness (QED) is 0.813. The summed E-state index contributed by atoms with van der Waals surface area (Å²) in [5.74, 6) is 0.645. The van der Waals surface area contributed by atoms with Gasteiger partial charge in [-0.1, -0.05) is 32.4 Å². The van der Waals surface area contributed by atoms with E-state index in [-0.39, 0.29) is 0 Å². The molecule has 0 saturated heterocycles. The molecule has 0 aliphatic heterocycles. The van der Waals surface area contributed by atoms with Gasteiger partial charge in [-0.05, 0) is 32.2 Å². The molecule has 98 valence electrons. The fraction of sp³-hybridized carbons (Fsp3) is 0.769. The van der Waals surface area contributed by atoms with Gasteiger partial charge in [0.25, 0.3) is 0 Å². The zero-order valence-corrected chi connectivity index (χ0v) is 12.1. The Kier molecular flexibility index (Phi) is 6.00. The summed E-state index contributed by atoms with van der Waals surface area (Å²) < 4.78 is 1.99. The lowest BCUT2D eigenvalue weighted by molar-refractivity contribution is 0.381. The highest BCUT2D eigenvalue weighted by atomic mass is 35.5. The summed E-state index contributed by atoms with van der Waals surface area (Å²) in [6.45, 7) is 10.7. The maximum Gasteiger partial charge on any atom is 0.0817 e. The fourth-order valence-electron chi connectivity index (χ4n) is 2.13. The molecule has 0 aliphatic carbocycles. The molecule has 0 aromatic carbocycles. The molecule has 1 aromatic heterocycles. The van der Waals surface area contributed by atoms with E-state index in [1.165, 1.54) is 0 Å². The first-order chi connectivity index (χ1) is 8.10. The number of aromatic nitrogens is 2. The van der Waals surface area contributed by atoms with Gasteiger partial charge in [0.05, 0.1) is 16.9 Å². The van der Waals surface area contributed by atoms with Crippen molar-refractivity contribution >= 4 is 11.6 Å². The third kappa shape index (κ3) is 4.00. The lowest BCUT2D eigenvalue weighted by Crippen LogP contribution is -2.34. The summed E-state index contributed by atoms with van der Waals surface area (Å²) >= 11 is 6.16. The zero-order valence-electron chi connectivity index (χ0n) is 11.3. The van der Waals surface area contributed by atoms with Crippen molar-refractivity contribution in [3.8, 4) is 0 Å². The van der Waals surface area contributed by atoms with E-state index in [2.05, 4.69) is 38.1 Å². The third-order valence-electron chi connectivity index (χ3n) is 3.16. The van der Waals surface area contributed by atoms with Crippen LogP contribution in [0.2, 0.25) is 5.02 Å². The molecule has 0 fully saturated rings. The van der Waals surface area contributed by atoms with Gasteiger partial charge >= 0.3 is 0 Å². The molecule has 0 radical (unpaired) electrons. The van der Waals surface area contributed by atoms with Gasteiger partial charge in [0.15, 0.2) is 0 Å². The minimum atomic E-state index is 0.552. The van der Waals surface area contributed by atoms with Gasteiger partial charge in [-0.2, -0.15) is 5.10 Å². The van der Waals surface area contributed by atoms with E-state index < -0.39 is 0 Å². The van der Waals surface area contributed by atoms with Gasteiger partial charge in [-0.3, -0.25) is 4.68 Å². The van der Waals surface area contributed by atoms with Crippen molar-refractivity contribution in [2.24, 2.45) is 5.92 Å². The van der Waals surface area contributed by atoms with Crippen LogP contribution in [0.3, 0.4) is 0 Å². The first kappa shape index (κ1) is 14.5. The van der Waals surface area contributed by atoms with Crippen molar-refractivity contribution in [2.45, 2.75) is 53.1 Å². The number of hydrogen-bond donors (Lipinski definition) is 1. The van der Waals surface area contributed by atoms with E-state index in [0.717, 1.165) is 36.6 Å². The highest BCUT2D eigenvalue weighted by Crippen LogP contribution is 2.19. The van der Waals surface area contributed by atoms with Crippen LogP contribution in [-0.2, 0) is 13.0 Å².